The van der Waals surface area contributed by atoms with Crippen molar-refractivity contribution in [2.75, 3.05) is 11.9 Å². The fourth-order valence-corrected chi connectivity index (χ4v) is 3.75. The number of hydrogen-bond acceptors (Lipinski definition) is 4. The number of esters is 1. The molecular weight excluding hydrogens is 471 g/mol. The highest BCUT2D eigenvalue weighted by molar-refractivity contribution is 6.36. The van der Waals surface area contributed by atoms with Gasteiger partial charge in [0, 0.05) is 26.7 Å². The van der Waals surface area contributed by atoms with Crippen LogP contribution in [0.25, 0.3) is 22.2 Å². The fourth-order valence-electron chi connectivity index (χ4n) is 3.12. The molecule has 160 valence electrons. The lowest BCUT2D eigenvalue weighted by atomic mass is 10.0. The minimum Gasteiger partial charge on any atom is -0.452 e. The van der Waals surface area contributed by atoms with E-state index in [0.717, 1.165) is 0 Å². The molecule has 1 N–H and O–H groups in total. The number of carbonyl (C=O) groups excluding carboxylic acids is 2. The Bertz CT molecular complexity index is 1320. The molecule has 4 rings (SSSR count). The van der Waals surface area contributed by atoms with E-state index in [2.05, 4.69) is 10.3 Å². The highest BCUT2D eigenvalue weighted by Gasteiger charge is 2.17. The zero-order valence-electron chi connectivity index (χ0n) is 16.4. The van der Waals surface area contributed by atoms with Crippen molar-refractivity contribution < 1.29 is 14.3 Å². The molecule has 32 heavy (non-hydrogen) atoms. The van der Waals surface area contributed by atoms with E-state index in [1.807, 2.05) is 6.07 Å². The maximum atomic E-state index is 12.9. The van der Waals surface area contributed by atoms with E-state index in [1.165, 1.54) is 0 Å². The van der Waals surface area contributed by atoms with Crippen LogP contribution in [0.5, 0.6) is 0 Å². The van der Waals surface area contributed by atoms with Crippen molar-refractivity contribution in [3.8, 4) is 11.3 Å². The van der Waals surface area contributed by atoms with Gasteiger partial charge in [-0.25, -0.2) is 9.78 Å². The Kier molecular flexibility index (Phi) is 6.61. The normalized spacial score (nSPS) is 10.7. The molecule has 1 amide bonds. The van der Waals surface area contributed by atoms with Crippen LogP contribution in [-0.2, 0) is 9.53 Å². The maximum absolute atomic E-state index is 12.9. The summed E-state index contributed by atoms with van der Waals surface area (Å²) in [5.74, 6) is -1.12. The second kappa shape index (κ2) is 9.57. The van der Waals surface area contributed by atoms with Crippen LogP contribution in [0, 0.1) is 0 Å². The summed E-state index contributed by atoms with van der Waals surface area (Å²) in [6, 6.07) is 20.4. The van der Waals surface area contributed by atoms with Gasteiger partial charge in [-0.3, -0.25) is 4.79 Å². The Morgan fingerprint density at radius 3 is 2.34 bits per heavy atom. The fraction of sp³-hybridized carbons (Fsp3) is 0.0417. The van der Waals surface area contributed by atoms with Crippen molar-refractivity contribution in [2.45, 2.75) is 0 Å². The zero-order chi connectivity index (χ0) is 22.7. The average Bonchev–Trinajstić information content (AvgIpc) is 2.78. The molecule has 0 aliphatic heterocycles. The van der Waals surface area contributed by atoms with E-state index in [4.69, 9.17) is 39.5 Å². The van der Waals surface area contributed by atoms with Crippen LogP contribution in [0.15, 0.2) is 72.8 Å². The third-order valence-electron chi connectivity index (χ3n) is 4.61. The third-order valence-corrected chi connectivity index (χ3v) is 5.41. The lowest BCUT2D eigenvalue weighted by Crippen LogP contribution is -2.21. The maximum Gasteiger partial charge on any atom is 0.339 e. The van der Waals surface area contributed by atoms with Crippen LogP contribution in [0.2, 0.25) is 15.1 Å². The van der Waals surface area contributed by atoms with Gasteiger partial charge in [-0.05, 0) is 54.6 Å². The molecule has 1 heterocycles. The topological polar surface area (TPSA) is 68.3 Å². The van der Waals surface area contributed by atoms with E-state index in [9.17, 15) is 9.59 Å². The molecule has 0 saturated heterocycles. The van der Waals surface area contributed by atoms with E-state index in [-0.39, 0.29) is 5.56 Å². The second-order valence-corrected chi connectivity index (χ2v) is 8.11. The third kappa shape index (κ3) is 5.02. The number of halogens is 3. The van der Waals surface area contributed by atoms with Crippen molar-refractivity contribution in [3.05, 3.63) is 93.4 Å². The first kappa shape index (κ1) is 22.1. The zero-order valence-corrected chi connectivity index (χ0v) is 18.7. The molecule has 0 aliphatic rings. The van der Waals surface area contributed by atoms with Gasteiger partial charge in [0.15, 0.2) is 6.61 Å². The van der Waals surface area contributed by atoms with Gasteiger partial charge in [0.2, 0.25) is 0 Å². The number of anilines is 1. The summed E-state index contributed by atoms with van der Waals surface area (Å²) in [4.78, 5) is 29.7. The predicted molar refractivity (Wildman–Crippen MR) is 128 cm³/mol. The Hall–Kier alpha value is -3.12. The second-order valence-electron chi connectivity index (χ2n) is 6.83. The molecular formula is C24H15Cl3N2O3. The van der Waals surface area contributed by atoms with Gasteiger partial charge in [0.05, 0.1) is 21.8 Å². The molecule has 0 aliphatic carbocycles. The SMILES string of the molecule is O=C(COC(=O)c1cc(-c2ccc(Cl)cc2Cl)nc2ccccc12)Nc1ccc(Cl)cc1. The van der Waals surface area contributed by atoms with Crippen LogP contribution in [0.1, 0.15) is 10.4 Å². The number of pyridine rings is 1. The first-order valence-corrected chi connectivity index (χ1v) is 10.6. The first-order chi connectivity index (χ1) is 15.4. The highest BCUT2D eigenvalue weighted by atomic mass is 35.5. The number of carbonyl (C=O) groups is 2. The summed E-state index contributed by atoms with van der Waals surface area (Å²) >= 11 is 18.2. The highest BCUT2D eigenvalue weighted by Crippen LogP contribution is 2.32. The Labute approximate surface area is 198 Å². The molecule has 5 nitrogen and oxygen atoms in total. The summed E-state index contributed by atoms with van der Waals surface area (Å²) < 4.78 is 5.28. The molecule has 1 aromatic heterocycles. The predicted octanol–water partition coefficient (Wildman–Crippen LogP) is 6.66. The van der Waals surface area contributed by atoms with Gasteiger partial charge in [-0.2, -0.15) is 0 Å². The molecule has 4 aromatic rings. The van der Waals surface area contributed by atoms with Crippen molar-refractivity contribution in [2.24, 2.45) is 0 Å². The van der Waals surface area contributed by atoms with E-state index < -0.39 is 18.5 Å². The number of nitrogens with zero attached hydrogens (tertiary/aromatic N) is 1. The number of aromatic nitrogens is 1. The monoisotopic (exact) mass is 484 g/mol. The number of rotatable bonds is 5. The standard InChI is InChI=1S/C24H15Cl3N2O3/c25-14-5-8-16(9-6-14)28-23(30)13-32-24(31)19-12-22(18-10-7-15(26)11-20(18)27)29-21-4-2-1-3-17(19)21/h1-12H,13H2,(H,28,30). The molecule has 0 radical (unpaired) electrons. The average molecular weight is 486 g/mol. The van der Waals surface area contributed by atoms with Gasteiger partial charge < -0.3 is 10.1 Å². The quantitative estimate of drug-likeness (QED) is 0.321. The molecule has 0 fully saturated rings. The van der Waals surface area contributed by atoms with Gasteiger partial charge in [-0.1, -0.05) is 53.0 Å². The largest absolute Gasteiger partial charge is 0.452 e. The minimum absolute atomic E-state index is 0.274. The number of nitrogens with one attached hydrogen (secondary N) is 1. The summed E-state index contributed by atoms with van der Waals surface area (Å²) in [7, 11) is 0. The molecule has 0 spiro atoms. The van der Waals surface area contributed by atoms with Gasteiger partial charge in [-0.15, -0.1) is 0 Å². The summed E-state index contributed by atoms with van der Waals surface area (Å²) in [5.41, 5.74) is 2.52. The first-order valence-electron chi connectivity index (χ1n) is 9.48. The minimum atomic E-state index is -0.652. The molecule has 0 unspecified atom stereocenters. The number of amides is 1. The summed E-state index contributed by atoms with van der Waals surface area (Å²) in [6.07, 6.45) is 0. The van der Waals surface area contributed by atoms with Crippen molar-refractivity contribution in [3.63, 3.8) is 0 Å². The van der Waals surface area contributed by atoms with Crippen molar-refractivity contribution in [1.29, 1.82) is 0 Å². The number of hydrogen-bond donors (Lipinski definition) is 1. The molecule has 3 aromatic carbocycles. The summed E-state index contributed by atoms with van der Waals surface area (Å²) in [5, 5.41) is 4.69. The van der Waals surface area contributed by atoms with Crippen LogP contribution >= 0.6 is 34.8 Å². The Balaban J connectivity index is 1.59. The van der Waals surface area contributed by atoms with Crippen LogP contribution in [0.3, 0.4) is 0 Å². The van der Waals surface area contributed by atoms with E-state index >= 15 is 0 Å². The van der Waals surface area contributed by atoms with Gasteiger partial charge >= 0.3 is 5.97 Å². The van der Waals surface area contributed by atoms with Crippen LogP contribution in [0.4, 0.5) is 5.69 Å². The van der Waals surface area contributed by atoms with Crippen LogP contribution in [-0.4, -0.2) is 23.5 Å². The Morgan fingerprint density at radius 1 is 0.875 bits per heavy atom. The van der Waals surface area contributed by atoms with E-state index in [0.29, 0.717) is 42.9 Å². The molecule has 0 saturated carbocycles. The smallest absolute Gasteiger partial charge is 0.339 e. The summed E-state index contributed by atoms with van der Waals surface area (Å²) in [6.45, 7) is -0.449. The number of fused-ring (bicyclic) bond motifs is 1. The lowest BCUT2D eigenvalue weighted by molar-refractivity contribution is -0.119. The molecule has 8 heteroatoms. The van der Waals surface area contributed by atoms with Gasteiger partial charge in [0.25, 0.3) is 5.91 Å². The van der Waals surface area contributed by atoms with Crippen LogP contribution < -0.4 is 5.32 Å². The Morgan fingerprint density at radius 2 is 1.59 bits per heavy atom. The van der Waals surface area contributed by atoms with Gasteiger partial charge in [0.1, 0.15) is 0 Å². The van der Waals surface area contributed by atoms with Crippen molar-refractivity contribution >= 4 is 63.3 Å². The molecule has 0 atom stereocenters. The lowest BCUT2D eigenvalue weighted by Gasteiger charge is -2.11. The number of para-hydroxylation sites is 1. The number of benzene rings is 3. The van der Waals surface area contributed by atoms with Crippen molar-refractivity contribution in [1.82, 2.24) is 4.98 Å². The molecule has 0 bridgehead atoms. The number of ether oxygens (including phenoxy) is 1. The van der Waals surface area contributed by atoms with E-state index in [1.54, 1.807) is 66.7 Å².